The van der Waals surface area contributed by atoms with Gasteiger partial charge in [-0.1, -0.05) is 35.3 Å². The SMILES string of the molecule is Cc1c(Cl)ccc2c(CCCCN)c(-c3ccc(Cl)c(C(F)(F)F)c3)[nH]c12. The number of nitrogens with two attached hydrogens (primary N) is 1. The predicted molar refractivity (Wildman–Crippen MR) is 105 cm³/mol. The van der Waals surface area contributed by atoms with Crippen molar-refractivity contribution >= 4 is 34.1 Å². The summed E-state index contributed by atoms with van der Waals surface area (Å²) >= 11 is 12.0. The van der Waals surface area contributed by atoms with Crippen molar-refractivity contribution < 1.29 is 13.2 Å². The first-order chi connectivity index (χ1) is 12.7. The number of benzene rings is 2. The number of alkyl halides is 3. The molecule has 0 bridgehead atoms. The van der Waals surface area contributed by atoms with E-state index in [1.165, 1.54) is 6.07 Å². The van der Waals surface area contributed by atoms with Gasteiger partial charge in [0.15, 0.2) is 0 Å². The molecule has 0 fully saturated rings. The molecular formula is C20H19Cl2F3N2. The Morgan fingerprint density at radius 1 is 1.04 bits per heavy atom. The van der Waals surface area contributed by atoms with Gasteiger partial charge in [-0.3, -0.25) is 0 Å². The molecule has 3 rings (SSSR count). The minimum absolute atomic E-state index is 0.314. The van der Waals surface area contributed by atoms with Crippen LogP contribution in [0.15, 0.2) is 30.3 Å². The van der Waals surface area contributed by atoms with Crippen LogP contribution in [0.2, 0.25) is 10.0 Å². The van der Waals surface area contributed by atoms with E-state index in [1.54, 1.807) is 6.07 Å². The Morgan fingerprint density at radius 2 is 1.74 bits per heavy atom. The van der Waals surface area contributed by atoms with Crippen LogP contribution in [0.1, 0.15) is 29.5 Å². The molecule has 0 saturated heterocycles. The van der Waals surface area contributed by atoms with Gasteiger partial charge in [0.05, 0.1) is 16.1 Å². The number of rotatable bonds is 5. The Morgan fingerprint density at radius 3 is 2.41 bits per heavy atom. The molecule has 1 aromatic heterocycles. The Labute approximate surface area is 165 Å². The lowest BCUT2D eigenvalue weighted by Crippen LogP contribution is -2.06. The van der Waals surface area contributed by atoms with Crippen LogP contribution in [0.3, 0.4) is 0 Å². The van der Waals surface area contributed by atoms with Gasteiger partial charge in [-0.05, 0) is 67.6 Å². The van der Waals surface area contributed by atoms with Gasteiger partial charge in [0.1, 0.15) is 0 Å². The van der Waals surface area contributed by atoms with Crippen molar-refractivity contribution in [2.24, 2.45) is 5.73 Å². The lowest BCUT2D eigenvalue weighted by molar-refractivity contribution is -0.137. The third-order valence-electron chi connectivity index (χ3n) is 4.72. The second-order valence-corrected chi connectivity index (χ2v) is 7.33. The molecule has 144 valence electrons. The van der Waals surface area contributed by atoms with Crippen LogP contribution in [0.25, 0.3) is 22.2 Å². The van der Waals surface area contributed by atoms with E-state index in [0.717, 1.165) is 40.9 Å². The van der Waals surface area contributed by atoms with Crippen LogP contribution in [-0.2, 0) is 12.6 Å². The van der Waals surface area contributed by atoms with Gasteiger partial charge >= 0.3 is 6.18 Å². The fraction of sp³-hybridized carbons (Fsp3) is 0.300. The monoisotopic (exact) mass is 414 g/mol. The summed E-state index contributed by atoms with van der Waals surface area (Å²) in [6.45, 7) is 2.46. The zero-order valence-corrected chi connectivity index (χ0v) is 16.2. The number of halogens is 5. The summed E-state index contributed by atoms with van der Waals surface area (Å²) in [5.41, 5.74) is 8.53. The molecule has 1 heterocycles. The maximum absolute atomic E-state index is 13.3. The van der Waals surface area contributed by atoms with Crippen molar-refractivity contribution in [1.29, 1.82) is 0 Å². The molecule has 3 aromatic rings. The van der Waals surface area contributed by atoms with Crippen LogP contribution >= 0.6 is 23.2 Å². The first-order valence-electron chi connectivity index (χ1n) is 8.61. The van der Waals surface area contributed by atoms with Gasteiger partial charge in [-0.15, -0.1) is 0 Å². The smallest absolute Gasteiger partial charge is 0.354 e. The summed E-state index contributed by atoms with van der Waals surface area (Å²) in [5, 5.41) is 1.26. The lowest BCUT2D eigenvalue weighted by atomic mass is 9.98. The predicted octanol–water partition coefficient (Wildman–Crippen LogP) is 6.75. The van der Waals surface area contributed by atoms with Gasteiger partial charge in [-0.25, -0.2) is 0 Å². The van der Waals surface area contributed by atoms with Crippen molar-refractivity contribution in [1.82, 2.24) is 4.98 Å². The van der Waals surface area contributed by atoms with Gasteiger partial charge < -0.3 is 10.7 Å². The summed E-state index contributed by atoms with van der Waals surface area (Å²) < 4.78 is 39.9. The summed E-state index contributed by atoms with van der Waals surface area (Å²) in [5.74, 6) is 0. The normalized spacial score (nSPS) is 12.1. The van der Waals surface area contributed by atoms with Crippen LogP contribution < -0.4 is 5.73 Å². The number of fused-ring (bicyclic) bond motifs is 1. The first-order valence-corrected chi connectivity index (χ1v) is 9.36. The molecule has 3 N–H and O–H groups in total. The Kier molecular flexibility index (Phi) is 5.75. The summed E-state index contributed by atoms with van der Waals surface area (Å²) in [6.07, 6.45) is -2.12. The number of aryl methyl sites for hydroxylation is 2. The molecule has 2 nitrogen and oxygen atoms in total. The van der Waals surface area contributed by atoms with Gasteiger partial charge in [0, 0.05) is 16.1 Å². The number of hydrogen-bond donors (Lipinski definition) is 2. The van der Waals surface area contributed by atoms with Gasteiger partial charge in [-0.2, -0.15) is 13.2 Å². The molecular weight excluding hydrogens is 396 g/mol. The fourth-order valence-corrected chi connectivity index (χ4v) is 3.67. The average Bonchev–Trinajstić information content (AvgIpc) is 2.97. The van der Waals surface area contributed by atoms with Crippen molar-refractivity contribution in [3.8, 4) is 11.3 Å². The lowest BCUT2D eigenvalue weighted by Gasteiger charge is -2.12. The third-order valence-corrected chi connectivity index (χ3v) is 5.46. The molecule has 0 saturated carbocycles. The number of H-pyrrole nitrogens is 1. The molecule has 0 spiro atoms. The van der Waals surface area contributed by atoms with E-state index >= 15 is 0 Å². The highest BCUT2D eigenvalue weighted by atomic mass is 35.5. The minimum atomic E-state index is -4.52. The molecule has 0 aliphatic rings. The highest BCUT2D eigenvalue weighted by Crippen LogP contribution is 2.40. The van der Waals surface area contributed by atoms with Crippen molar-refractivity contribution in [2.45, 2.75) is 32.4 Å². The number of unbranched alkanes of at least 4 members (excludes halogenated alkanes) is 1. The van der Waals surface area contributed by atoms with E-state index in [0.29, 0.717) is 29.2 Å². The molecule has 0 radical (unpaired) electrons. The van der Waals surface area contributed by atoms with Crippen LogP contribution in [-0.4, -0.2) is 11.5 Å². The molecule has 2 aromatic carbocycles. The topological polar surface area (TPSA) is 41.8 Å². The van der Waals surface area contributed by atoms with Crippen LogP contribution in [0.4, 0.5) is 13.2 Å². The molecule has 0 aliphatic heterocycles. The molecule has 0 amide bonds. The number of hydrogen-bond acceptors (Lipinski definition) is 1. The standard InChI is InChI=1S/C20H19Cl2F3N2/c1-11-16(21)8-6-14-13(4-2-3-9-26)19(27-18(11)14)12-5-7-17(22)15(10-12)20(23,24)25/h5-8,10,27H,2-4,9,26H2,1H3. The Hall–Kier alpha value is -1.69. The fourth-order valence-electron chi connectivity index (χ4n) is 3.28. The number of aromatic amines is 1. The largest absolute Gasteiger partial charge is 0.417 e. The van der Waals surface area contributed by atoms with E-state index in [1.807, 2.05) is 19.1 Å². The summed E-state index contributed by atoms with van der Waals surface area (Å²) in [6, 6.07) is 7.70. The summed E-state index contributed by atoms with van der Waals surface area (Å²) in [7, 11) is 0. The molecule has 27 heavy (non-hydrogen) atoms. The highest BCUT2D eigenvalue weighted by molar-refractivity contribution is 6.32. The zero-order valence-electron chi connectivity index (χ0n) is 14.7. The third kappa shape index (κ3) is 3.96. The van der Waals surface area contributed by atoms with E-state index in [4.69, 9.17) is 28.9 Å². The average molecular weight is 415 g/mol. The van der Waals surface area contributed by atoms with Crippen LogP contribution in [0, 0.1) is 6.92 Å². The second-order valence-electron chi connectivity index (χ2n) is 6.51. The van der Waals surface area contributed by atoms with Crippen LogP contribution in [0.5, 0.6) is 0 Å². The van der Waals surface area contributed by atoms with E-state index < -0.39 is 11.7 Å². The Bertz CT molecular complexity index is 977. The van der Waals surface area contributed by atoms with E-state index in [2.05, 4.69) is 4.98 Å². The van der Waals surface area contributed by atoms with Gasteiger partial charge in [0.2, 0.25) is 0 Å². The Balaban J connectivity index is 2.21. The first kappa shape index (κ1) is 20.1. The molecule has 0 unspecified atom stereocenters. The van der Waals surface area contributed by atoms with Crippen molar-refractivity contribution in [3.05, 3.63) is 57.1 Å². The van der Waals surface area contributed by atoms with E-state index in [9.17, 15) is 13.2 Å². The van der Waals surface area contributed by atoms with E-state index in [-0.39, 0.29) is 5.02 Å². The van der Waals surface area contributed by atoms with Crippen molar-refractivity contribution in [2.75, 3.05) is 6.54 Å². The zero-order chi connectivity index (χ0) is 19.8. The quantitative estimate of drug-likeness (QED) is 0.445. The summed E-state index contributed by atoms with van der Waals surface area (Å²) in [4.78, 5) is 3.29. The van der Waals surface area contributed by atoms with Crippen molar-refractivity contribution in [3.63, 3.8) is 0 Å². The molecule has 7 heteroatoms. The van der Waals surface area contributed by atoms with Gasteiger partial charge in [0.25, 0.3) is 0 Å². The highest BCUT2D eigenvalue weighted by Gasteiger charge is 2.33. The maximum atomic E-state index is 13.3. The minimum Gasteiger partial charge on any atom is -0.354 e. The molecule has 0 atom stereocenters. The molecule has 0 aliphatic carbocycles. The maximum Gasteiger partial charge on any atom is 0.417 e. The number of aromatic nitrogens is 1. The number of nitrogens with one attached hydrogen (secondary N) is 1. The second kappa shape index (κ2) is 7.74.